The van der Waals surface area contributed by atoms with Gasteiger partial charge in [-0.15, -0.1) is 0 Å². The maximum atomic E-state index is 13.3. The van der Waals surface area contributed by atoms with E-state index in [2.05, 4.69) is 15.9 Å². The molecule has 0 saturated heterocycles. The minimum Gasteiger partial charge on any atom is -0.382 e. The topological polar surface area (TPSA) is 20.2 Å². The first-order valence-corrected chi connectivity index (χ1v) is 5.58. The minimum absolute atomic E-state index is 0.247. The van der Waals surface area contributed by atoms with Crippen LogP contribution in [0.2, 0.25) is 0 Å². The zero-order valence-corrected chi connectivity index (χ0v) is 9.97. The predicted octanol–water partition coefficient (Wildman–Crippen LogP) is 3.92. The van der Waals surface area contributed by atoms with Gasteiger partial charge in [-0.1, -0.05) is 41.4 Å². The Balaban J connectivity index is 2.84. The van der Waals surface area contributed by atoms with Gasteiger partial charge in [-0.25, -0.2) is 8.78 Å². The fourth-order valence-electron chi connectivity index (χ4n) is 1.36. The lowest BCUT2D eigenvalue weighted by molar-refractivity contribution is -0.116. The van der Waals surface area contributed by atoms with Gasteiger partial charge in [0.2, 0.25) is 0 Å². The summed E-state index contributed by atoms with van der Waals surface area (Å²) < 4.78 is 27.5. The summed E-state index contributed by atoms with van der Waals surface area (Å²) in [5.74, 6) is -3.05. The molecule has 0 heterocycles. The van der Waals surface area contributed by atoms with Crippen LogP contribution in [0.5, 0.6) is 0 Å². The quantitative estimate of drug-likeness (QED) is 0.885. The summed E-state index contributed by atoms with van der Waals surface area (Å²) in [5.41, 5.74) is 0.247. The molecule has 0 aliphatic heterocycles. The van der Waals surface area contributed by atoms with E-state index in [1.165, 1.54) is 12.1 Å². The molecule has 15 heavy (non-hydrogen) atoms. The fourth-order valence-corrected chi connectivity index (χ4v) is 1.62. The van der Waals surface area contributed by atoms with Gasteiger partial charge in [0.1, 0.15) is 6.10 Å². The van der Waals surface area contributed by atoms with Gasteiger partial charge in [0.15, 0.2) is 0 Å². The number of benzene rings is 1. The van der Waals surface area contributed by atoms with Crippen molar-refractivity contribution in [3.63, 3.8) is 0 Å². The van der Waals surface area contributed by atoms with Crippen molar-refractivity contribution in [3.8, 4) is 0 Å². The van der Waals surface area contributed by atoms with E-state index in [9.17, 15) is 13.9 Å². The maximum absolute atomic E-state index is 13.3. The number of rotatable bonds is 4. The SMILES string of the molecule is CCCC(F)(F)C(O)c1ccc(Br)cc1. The summed E-state index contributed by atoms with van der Waals surface area (Å²) in [6, 6.07) is 6.28. The molecule has 4 heteroatoms. The number of hydrogen-bond donors (Lipinski definition) is 1. The highest BCUT2D eigenvalue weighted by molar-refractivity contribution is 9.10. The van der Waals surface area contributed by atoms with Crippen LogP contribution in [0.4, 0.5) is 8.78 Å². The molecule has 1 N–H and O–H groups in total. The largest absolute Gasteiger partial charge is 0.382 e. The highest BCUT2D eigenvalue weighted by Gasteiger charge is 2.38. The lowest BCUT2D eigenvalue weighted by Gasteiger charge is -2.22. The Hall–Kier alpha value is -0.480. The van der Waals surface area contributed by atoms with Crippen LogP contribution in [0.3, 0.4) is 0 Å². The third kappa shape index (κ3) is 3.24. The second-order valence-corrected chi connectivity index (χ2v) is 4.38. The Morgan fingerprint density at radius 2 is 1.87 bits per heavy atom. The van der Waals surface area contributed by atoms with Crippen LogP contribution in [0.1, 0.15) is 31.4 Å². The van der Waals surface area contributed by atoms with Crippen LogP contribution in [-0.4, -0.2) is 11.0 Å². The molecule has 1 atom stereocenters. The van der Waals surface area contributed by atoms with Crippen LogP contribution in [0, 0.1) is 0 Å². The van der Waals surface area contributed by atoms with Crippen molar-refractivity contribution in [1.82, 2.24) is 0 Å². The second-order valence-electron chi connectivity index (χ2n) is 3.47. The molecule has 1 unspecified atom stereocenters. The third-order valence-corrected chi connectivity index (χ3v) is 2.70. The van der Waals surface area contributed by atoms with E-state index in [4.69, 9.17) is 0 Å². The van der Waals surface area contributed by atoms with E-state index < -0.39 is 12.0 Å². The molecule has 0 bridgehead atoms. The number of alkyl halides is 2. The summed E-state index contributed by atoms with van der Waals surface area (Å²) in [7, 11) is 0. The maximum Gasteiger partial charge on any atom is 0.277 e. The fraction of sp³-hybridized carbons (Fsp3) is 0.455. The van der Waals surface area contributed by atoms with E-state index in [0.29, 0.717) is 6.42 Å². The van der Waals surface area contributed by atoms with E-state index in [1.807, 2.05) is 0 Å². The molecule has 0 fully saturated rings. The average molecular weight is 279 g/mol. The summed E-state index contributed by atoms with van der Waals surface area (Å²) in [5, 5.41) is 9.50. The minimum atomic E-state index is -3.05. The highest BCUT2D eigenvalue weighted by atomic mass is 79.9. The van der Waals surface area contributed by atoms with Crippen molar-refractivity contribution in [2.24, 2.45) is 0 Å². The van der Waals surface area contributed by atoms with E-state index in [-0.39, 0.29) is 12.0 Å². The van der Waals surface area contributed by atoms with Crippen LogP contribution in [0.15, 0.2) is 28.7 Å². The van der Waals surface area contributed by atoms with Crippen LogP contribution in [0.25, 0.3) is 0 Å². The number of aliphatic hydroxyl groups excluding tert-OH is 1. The zero-order chi connectivity index (χ0) is 11.5. The second kappa shape index (κ2) is 5.03. The number of aliphatic hydroxyl groups is 1. The van der Waals surface area contributed by atoms with Gasteiger partial charge in [-0.2, -0.15) is 0 Å². The molecule has 84 valence electrons. The van der Waals surface area contributed by atoms with Gasteiger partial charge in [-0.05, 0) is 17.7 Å². The Morgan fingerprint density at radius 3 is 2.33 bits per heavy atom. The Bertz CT molecular complexity index is 311. The summed E-state index contributed by atoms with van der Waals surface area (Å²) in [6.07, 6.45) is -1.67. The normalized spacial score (nSPS) is 13.9. The molecule has 0 spiro atoms. The molecule has 0 amide bonds. The average Bonchev–Trinajstić information content (AvgIpc) is 2.18. The molecule has 0 aliphatic rings. The van der Waals surface area contributed by atoms with Crippen LogP contribution in [-0.2, 0) is 0 Å². The smallest absolute Gasteiger partial charge is 0.277 e. The van der Waals surface area contributed by atoms with Crippen LogP contribution < -0.4 is 0 Å². The number of hydrogen-bond acceptors (Lipinski definition) is 1. The monoisotopic (exact) mass is 278 g/mol. The first-order valence-electron chi connectivity index (χ1n) is 4.78. The predicted molar refractivity (Wildman–Crippen MR) is 59.0 cm³/mol. The van der Waals surface area contributed by atoms with E-state index in [1.54, 1.807) is 19.1 Å². The van der Waals surface area contributed by atoms with Gasteiger partial charge >= 0.3 is 0 Å². The van der Waals surface area contributed by atoms with Crippen molar-refractivity contribution >= 4 is 15.9 Å². The molecule has 1 nitrogen and oxygen atoms in total. The van der Waals surface area contributed by atoms with Gasteiger partial charge in [-0.3, -0.25) is 0 Å². The van der Waals surface area contributed by atoms with Crippen LogP contribution >= 0.6 is 15.9 Å². The first-order chi connectivity index (χ1) is 6.97. The standard InChI is InChI=1S/C11H13BrF2O/c1-2-7-11(13,14)10(15)8-3-5-9(12)6-4-8/h3-6,10,15H,2,7H2,1H3. The lowest BCUT2D eigenvalue weighted by atomic mass is 10.0. The van der Waals surface area contributed by atoms with Crippen molar-refractivity contribution in [3.05, 3.63) is 34.3 Å². The Kier molecular flexibility index (Phi) is 4.22. The summed E-state index contributed by atoms with van der Waals surface area (Å²) in [6.45, 7) is 1.67. The van der Waals surface area contributed by atoms with Gasteiger partial charge < -0.3 is 5.11 Å². The summed E-state index contributed by atoms with van der Waals surface area (Å²) in [4.78, 5) is 0. The molecule has 0 aromatic heterocycles. The van der Waals surface area contributed by atoms with Crippen molar-refractivity contribution < 1.29 is 13.9 Å². The third-order valence-electron chi connectivity index (χ3n) is 2.17. The van der Waals surface area contributed by atoms with E-state index >= 15 is 0 Å². The van der Waals surface area contributed by atoms with E-state index in [0.717, 1.165) is 4.47 Å². The van der Waals surface area contributed by atoms with Gasteiger partial charge in [0.25, 0.3) is 5.92 Å². The zero-order valence-electron chi connectivity index (χ0n) is 8.38. The molecule has 0 saturated carbocycles. The first kappa shape index (κ1) is 12.6. The Labute approximate surface area is 96.2 Å². The molecule has 0 aliphatic carbocycles. The molecule has 1 aromatic rings. The highest BCUT2D eigenvalue weighted by Crippen LogP contribution is 2.35. The molecular weight excluding hydrogens is 266 g/mol. The summed E-state index contributed by atoms with van der Waals surface area (Å²) >= 11 is 3.21. The van der Waals surface area contributed by atoms with Gasteiger partial charge in [0, 0.05) is 10.9 Å². The van der Waals surface area contributed by atoms with Crippen molar-refractivity contribution in [1.29, 1.82) is 0 Å². The molecule has 1 rings (SSSR count). The van der Waals surface area contributed by atoms with Crippen molar-refractivity contribution in [2.45, 2.75) is 31.8 Å². The molecule has 0 radical (unpaired) electrons. The van der Waals surface area contributed by atoms with Gasteiger partial charge in [0.05, 0.1) is 0 Å². The number of halogens is 3. The molecule has 1 aromatic carbocycles. The molecular formula is C11H13BrF2O. The Morgan fingerprint density at radius 1 is 1.33 bits per heavy atom. The van der Waals surface area contributed by atoms with Crippen molar-refractivity contribution in [2.75, 3.05) is 0 Å². The lowest BCUT2D eigenvalue weighted by Crippen LogP contribution is -2.25.